The lowest BCUT2D eigenvalue weighted by atomic mass is 10.5. The summed E-state index contributed by atoms with van der Waals surface area (Å²) in [5, 5.41) is 12.4. The highest BCUT2D eigenvalue weighted by molar-refractivity contribution is 8.26. The molecule has 1 fully saturated rings. The van der Waals surface area contributed by atoms with E-state index in [1.165, 1.54) is 6.08 Å². The lowest BCUT2D eigenvalue weighted by Crippen LogP contribution is -2.17. The molecule has 0 aromatic carbocycles. The number of amides is 1. The minimum atomic E-state index is -0.377. The first kappa shape index (κ1) is 7.71. The number of carbonyl (C=O) groups is 1. The van der Waals surface area contributed by atoms with E-state index in [4.69, 9.17) is 0 Å². The fourth-order valence-corrected chi connectivity index (χ4v) is 1.54. The van der Waals surface area contributed by atoms with E-state index >= 15 is 0 Å². The van der Waals surface area contributed by atoms with Crippen LogP contribution < -0.4 is 5.32 Å². The predicted molar refractivity (Wildman–Crippen MR) is 42.0 cm³/mol. The first-order valence-corrected chi connectivity index (χ1v) is 3.78. The summed E-state index contributed by atoms with van der Waals surface area (Å²) in [7, 11) is 0. The van der Waals surface area contributed by atoms with Gasteiger partial charge in [0, 0.05) is 0 Å². The van der Waals surface area contributed by atoms with Crippen molar-refractivity contribution in [2.24, 2.45) is 0 Å². The molecule has 1 aliphatic heterocycles. The molecule has 0 bridgehead atoms. The van der Waals surface area contributed by atoms with E-state index < -0.39 is 0 Å². The Morgan fingerprint density at radius 1 is 1.70 bits per heavy atom. The van der Waals surface area contributed by atoms with Gasteiger partial charge in [0.15, 0.2) is 0 Å². The molecule has 0 aliphatic carbocycles. The molecule has 0 aromatic heterocycles. The molecule has 1 rings (SSSR count). The summed E-state index contributed by atoms with van der Waals surface area (Å²) in [6.07, 6.45) is 1.32. The van der Waals surface area contributed by atoms with Crippen molar-refractivity contribution in [1.82, 2.24) is 5.32 Å². The van der Waals surface area contributed by atoms with Crippen LogP contribution in [0.3, 0.4) is 0 Å². The van der Waals surface area contributed by atoms with Crippen LogP contribution in [0.1, 0.15) is 0 Å². The first-order chi connectivity index (χ1) is 4.74. The highest BCUT2D eigenvalue weighted by Gasteiger charge is 2.21. The van der Waals surface area contributed by atoms with Crippen molar-refractivity contribution in [2.75, 3.05) is 6.61 Å². The third-order valence-corrected chi connectivity index (χ3v) is 2.12. The van der Waals surface area contributed by atoms with Gasteiger partial charge in [0.25, 0.3) is 5.91 Å². The van der Waals surface area contributed by atoms with Crippen LogP contribution >= 0.6 is 24.0 Å². The Kier molecular flexibility index (Phi) is 2.42. The molecule has 1 saturated heterocycles. The van der Waals surface area contributed by atoms with Gasteiger partial charge < -0.3 is 5.32 Å². The molecule has 10 heavy (non-hydrogen) atoms. The topological polar surface area (TPSA) is 49.0 Å². The number of hydrogen-bond acceptors (Lipinski definition) is 3. The first-order valence-electron chi connectivity index (χ1n) is 2.55. The second-order valence-electron chi connectivity index (χ2n) is 1.58. The van der Waals surface area contributed by atoms with Crippen LogP contribution in [0.25, 0.3) is 0 Å². The summed E-state index contributed by atoms with van der Waals surface area (Å²) in [6, 6.07) is 0. The molecule has 0 aromatic rings. The van der Waals surface area contributed by atoms with Crippen molar-refractivity contribution >= 4 is 34.2 Å². The van der Waals surface area contributed by atoms with Crippen molar-refractivity contribution in [1.29, 1.82) is 0 Å². The van der Waals surface area contributed by atoms with E-state index in [1.807, 2.05) is 0 Å². The molecular formula is C5H4NO2S2. The third kappa shape index (κ3) is 1.56. The maximum absolute atomic E-state index is 10.7. The zero-order valence-electron chi connectivity index (χ0n) is 4.92. The van der Waals surface area contributed by atoms with E-state index in [2.05, 4.69) is 17.5 Å². The number of nitrogens with one attached hydrogen (secondary N) is 1. The van der Waals surface area contributed by atoms with Crippen LogP contribution in [-0.4, -0.2) is 16.8 Å². The third-order valence-electron chi connectivity index (χ3n) is 0.911. The molecule has 53 valence electrons. The van der Waals surface area contributed by atoms with Crippen molar-refractivity contribution in [3.63, 3.8) is 0 Å². The van der Waals surface area contributed by atoms with Gasteiger partial charge in [-0.1, -0.05) is 24.0 Å². The second-order valence-corrected chi connectivity index (χ2v) is 3.30. The van der Waals surface area contributed by atoms with Gasteiger partial charge in [-0.3, -0.25) is 4.79 Å². The summed E-state index contributed by atoms with van der Waals surface area (Å²) in [4.78, 5) is 11.2. The lowest BCUT2D eigenvalue weighted by molar-refractivity contribution is -0.115. The molecule has 1 amide bonds. The van der Waals surface area contributed by atoms with E-state index in [9.17, 15) is 9.90 Å². The minimum Gasteiger partial charge on any atom is -0.307 e. The van der Waals surface area contributed by atoms with Gasteiger partial charge in [-0.05, 0) is 6.08 Å². The van der Waals surface area contributed by atoms with Gasteiger partial charge >= 0.3 is 0 Å². The largest absolute Gasteiger partial charge is 0.307 e. The van der Waals surface area contributed by atoms with E-state index in [0.29, 0.717) is 9.23 Å². The van der Waals surface area contributed by atoms with Gasteiger partial charge in [-0.25, -0.2) is 5.11 Å². The molecule has 1 radical (unpaired) electrons. The fourth-order valence-electron chi connectivity index (χ4n) is 0.536. The highest BCUT2D eigenvalue weighted by Crippen LogP contribution is 2.22. The maximum Gasteiger partial charge on any atom is 0.263 e. The Bertz CT molecular complexity index is 212. The number of thiocarbonyl (C=S) groups is 1. The van der Waals surface area contributed by atoms with Crippen molar-refractivity contribution in [3.8, 4) is 0 Å². The average Bonchev–Trinajstić information content (AvgIpc) is 2.13. The summed E-state index contributed by atoms with van der Waals surface area (Å²) in [6.45, 7) is -0.377. The quantitative estimate of drug-likeness (QED) is 0.464. The zero-order chi connectivity index (χ0) is 7.56. The van der Waals surface area contributed by atoms with Gasteiger partial charge in [-0.15, -0.1) is 0 Å². The van der Waals surface area contributed by atoms with Gasteiger partial charge in [-0.2, -0.15) is 0 Å². The Morgan fingerprint density at radius 2 is 2.40 bits per heavy atom. The summed E-state index contributed by atoms with van der Waals surface area (Å²) in [5.74, 6) is -0.258. The van der Waals surface area contributed by atoms with Crippen LogP contribution in [-0.2, 0) is 9.90 Å². The van der Waals surface area contributed by atoms with Crippen LogP contribution in [0.2, 0.25) is 0 Å². The van der Waals surface area contributed by atoms with Crippen molar-refractivity contribution in [3.05, 3.63) is 11.0 Å². The van der Waals surface area contributed by atoms with Crippen LogP contribution in [0.5, 0.6) is 0 Å². The molecule has 0 saturated carbocycles. The summed E-state index contributed by atoms with van der Waals surface area (Å²) in [5.41, 5.74) is 0. The Balaban J connectivity index is 2.72. The highest BCUT2D eigenvalue weighted by atomic mass is 32.2. The normalized spacial score (nSPS) is 21.9. The van der Waals surface area contributed by atoms with Crippen molar-refractivity contribution in [2.45, 2.75) is 0 Å². The van der Waals surface area contributed by atoms with Gasteiger partial charge in [0.1, 0.15) is 10.9 Å². The standard InChI is InChI=1S/C5H4NO2S2/c7-2-1-3-4(8)6-5(9)10-3/h1H,2H2,(H,6,8,9)/b3-1+. The minimum absolute atomic E-state index is 0.258. The fraction of sp³-hybridized carbons (Fsp3) is 0.200. The average molecular weight is 174 g/mol. The second kappa shape index (κ2) is 3.14. The molecule has 0 spiro atoms. The van der Waals surface area contributed by atoms with Crippen LogP contribution in [0, 0.1) is 0 Å². The van der Waals surface area contributed by atoms with Crippen LogP contribution in [0.15, 0.2) is 11.0 Å². The van der Waals surface area contributed by atoms with E-state index in [1.54, 1.807) is 0 Å². The van der Waals surface area contributed by atoms with E-state index in [-0.39, 0.29) is 12.5 Å². The molecule has 0 atom stereocenters. The molecule has 1 heterocycles. The zero-order valence-corrected chi connectivity index (χ0v) is 6.55. The summed E-state index contributed by atoms with van der Waals surface area (Å²) < 4.78 is 0.421. The van der Waals surface area contributed by atoms with Crippen LogP contribution in [0.4, 0.5) is 0 Å². The molecule has 5 heteroatoms. The van der Waals surface area contributed by atoms with E-state index in [0.717, 1.165) is 11.8 Å². The molecule has 1 aliphatic rings. The Morgan fingerprint density at radius 3 is 2.80 bits per heavy atom. The monoisotopic (exact) mass is 174 g/mol. The number of carbonyl (C=O) groups excluding carboxylic acids is 1. The number of hydrogen-bond donors (Lipinski definition) is 1. The maximum atomic E-state index is 10.7. The molecular weight excluding hydrogens is 170 g/mol. The molecule has 3 nitrogen and oxygen atoms in total. The van der Waals surface area contributed by atoms with Gasteiger partial charge in [0.05, 0.1) is 4.91 Å². The number of rotatable bonds is 1. The predicted octanol–water partition coefficient (Wildman–Crippen LogP) is 0.449. The smallest absolute Gasteiger partial charge is 0.263 e. The Hall–Kier alpha value is -0.390. The van der Waals surface area contributed by atoms with Crippen molar-refractivity contribution < 1.29 is 9.90 Å². The number of thioether (sulfide) groups is 1. The lowest BCUT2D eigenvalue weighted by Gasteiger charge is -1.84. The summed E-state index contributed by atoms with van der Waals surface area (Å²) >= 11 is 5.81. The molecule has 0 unspecified atom stereocenters. The van der Waals surface area contributed by atoms with Gasteiger partial charge in [0.2, 0.25) is 0 Å². The Labute approximate surface area is 67.5 Å². The molecule has 1 N–H and O–H groups in total. The SMILES string of the molecule is [O]C/C=C1/SC(=S)NC1=O.